The van der Waals surface area contributed by atoms with Crippen LogP contribution in [0.4, 0.5) is 0 Å². The van der Waals surface area contributed by atoms with Gasteiger partial charge in [-0.1, -0.05) is 13.3 Å². The first-order valence-corrected chi connectivity index (χ1v) is 5.78. The molecule has 1 heterocycles. The number of rotatable bonds is 5. The lowest BCUT2D eigenvalue weighted by molar-refractivity contribution is -0.135. The van der Waals surface area contributed by atoms with E-state index in [4.69, 9.17) is 4.74 Å². The largest absolute Gasteiger partial charge is 0.384 e. The SMILES string of the molecule is CCCC1CNCCN1C(=O)CCOC.Cl. The third kappa shape index (κ3) is 4.68. The number of nitrogens with one attached hydrogen (secondary N) is 1. The van der Waals surface area contributed by atoms with Gasteiger partial charge < -0.3 is 15.0 Å². The van der Waals surface area contributed by atoms with Crippen LogP contribution < -0.4 is 5.32 Å². The van der Waals surface area contributed by atoms with Crippen LogP contribution in [0.15, 0.2) is 0 Å². The molecule has 1 unspecified atom stereocenters. The monoisotopic (exact) mass is 250 g/mol. The van der Waals surface area contributed by atoms with E-state index >= 15 is 0 Å². The van der Waals surface area contributed by atoms with E-state index in [-0.39, 0.29) is 18.3 Å². The fourth-order valence-corrected chi connectivity index (χ4v) is 2.01. The molecule has 0 radical (unpaired) electrons. The van der Waals surface area contributed by atoms with Crippen LogP contribution in [-0.4, -0.2) is 50.2 Å². The van der Waals surface area contributed by atoms with Crippen molar-refractivity contribution in [3.8, 4) is 0 Å². The molecule has 1 atom stereocenters. The molecule has 0 bridgehead atoms. The van der Waals surface area contributed by atoms with Crippen LogP contribution in [-0.2, 0) is 9.53 Å². The van der Waals surface area contributed by atoms with Crippen LogP contribution in [0.25, 0.3) is 0 Å². The topological polar surface area (TPSA) is 41.6 Å². The molecular formula is C11H23ClN2O2. The minimum atomic E-state index is 0. The number of piperazine rings is 1. The van der Waals surface area contributed by atoms with Gasteiger partial charge in [-0.2, -0.15) is 0 Å². The van der Waals surface area contributed by atoms with Gasteiger partial charge in [-0.15, -0.1) is 12.4 Å². The van der Waals surface area contributed by atoms with E-state index in [2.05, 4.69) is 12.2 Å². The van der Waals surface area contributed by atoms with Gasteiger partial charge in [-0.05, 0) is 6.42 Å². The zero-order valence-corrected chi connectivity index (χ0v) is 11.0. The molecule has 0 spiro atoms. The normalized spacial score (nSPS) is 20.4. The van der Waals surface area contributed by atoms with Crippen molar-refractivity contribution in [1.82, 2.24) is 10.2 Å². The van der Waals surface area contributed by atoms with Gasteiger partial charge in [0.2, 0.25) is 5.91 Å². The Morgan fingerprint density at radius 3 is 2.94 bits per heavy atom. The first kappa shape index (κ1) is 15.7. The summed E-state index contributed by atoms with van der Waals surface area (Å²) in [6.07, 6.45) is 2.73. The Kier molecular flexibility index (Phi) is 8.61. The molecule has 1 fully saturated rings. The van der Waals surface area contributed by atoms with E-state index in [0.29, 0.717) is 19.1 Å². The van der Waals surface area contributed by atoms with Gasteiger partial charge >= 0.3 is 0 Å². The average molecular weight is 251 g/mol. The van der Waals surface area contributed by atoms with E-state index in [1.165, 1.54) is 0 Å². The van der Waals surface area contributed by atoms with Crippen LogP contribution in [0.5, 0.6) is 0 Å². The number of hydrogen-bond acceptors (Lipinski definition) is 3. The maximum atomic E-state index is 11.9. The van der Waals surface area contributed by atoms with E-state index in [0.717, 1.165) is 32.5 Å². The van der Waals surface area contributed by atoms with Crippen molar-refractivity contribution in [2.24, 2.45) is 0 Å². The highest BCUT2D eigenvalue weighted by atomic mass is 35.5. The highest BCUT2D eigenvalue weighted by molar-refractivity contribution is 5.85. The number of halogens is 1. The quantitative estimate of drug-likeness (QED) is 0.793. The van der Waals surface area contributed by atoms with Crippen molar-refractivity contribution in [2.75, 3.05) is 33.4 Å². The first-order valence-electron chi connectivity index (χ1n) is 5.78. The fraction of sp³-hybridized carbons (Fsp3) is 0.909. The molecule has 0 aromatic rings. The maximum Gasteiger partial charge on any atom is 0.225 e. The van der Waals surface area contributed by atoms with Crippen LogP contribution in [0.2, 0.25) is 0 Å². The summed E-state index contributed by atoms with van der Waals surface area (Å²) in [6, 6.07) is 0.383. The van der Waals surface area contributed by atoms with Crippen molar-refractivity contribution in [3.63, 3.8) is 0 Å². The molecule has 5 heteroatoms. The summed E-state index contributed by atoms with van der Waals surface area (Å²) in [5, 5.41) is 3.34. The lowest BCUT2D eigenvalue weighted by atomic mass is 10.1. The number of ether oxygens (including phenoxy) is 1. The number of carbonyl (C=O) groups excluding carboxylic acids is 1. The third-order valence-electron chi connectivity index (χ3n) is 2.81. The second-order valence-corrected chi connectivity index (χ2v) is 3.98. The minimum Gasteiger partial charge on any atom is -0.384 e. The van der Waals surface area contributed by atoms with E-state index in [1.54, 1.807) is 7.11 Å². The maximum absolute atomic E-state index is 11.9. The standard InChI is InChI=1S/C11H22N2O2.ClH/c1-3-4-10-9-12-6-7-13(10)11(14)5-8-15-2;/h10,12H,3-9H2,1-2H3;1H. The first-order chi connectivity index (χ1) is 7.29. The molecule has 1 N–H and O–H groups in total. The van der Waals surface area contributed by atoms with Crippen molar-refractivity contribution < 1.29 is 9.53 Å². The van der Waals surface area contributed by atoms with Crippen molar-refractivity contribution in [3.05, 3.63) is 0 Å². The summed E-state index contributed by atoms with van der Waals surface area (Å²) in [4.78, 5) is 13.9. The van der Waals surface area contributed by atoms with E-state index in [9.17, 15) is 4.79 Å². The molecule has 0 aromatic heterocycles. The van der Waals surface area contributed by atoms with Crippen LogP contribution in [0.1, 0.15) is 26.2 Å². The van der Waals surface area contributed by atoms with Crippen LogP contribution in [0.3, 0.4) is 0 Å². The Hall–Kier alpha value is -0.320. The van der Waals surface area contributed by atoms with Gasteiger partial charge in [0.15, 0.2) is 0 Å². The summed E-state index contributed by atoms with van der Waals surface area (Å²) >= 11 is 0. The molecule has 96 valence electrons. The lowest BCUT2D eigenvalue weighted by Gasteiger charge is -2.36. The number of nitrogens with zero attached hydrogens (tertiary/aromatic N) is 1. The summed E-state index contributed by atoms with van der Waals surface area (Å²) < 4.78 is 4.94. The molecule has 4 nitrogen and oxygen atoms in total. The molecule has 16 heavy (non-hydrogen) atoms. The molecule has 1 amide bonds. The number of carbonyl (C=O) groups is 1. The molecule has 1 rings (SSSR count). The summed E-state index contributed by atoms with van der Waals surface area (Å²) in [5.41, 5.74) is 0. The van der Waals surface area contributed by atoms with Gasteiger partial charge in [0.05, 0.1) is 13.0 Å². The van der Waals surface area contributed by atoms with Crippen molar-refractivity contribution >= 4 is 18.3 Å². The Morgan fingerprint density at radius 1 is 1.56 bits per heavy atom. The highest BCUT2D eigenvalue weighted by Crippen LogP contribution is 2.11. The Labute approximate surface area is 104 Å². The average Bonchev–Trinajstić information content (AvgIpc) is 2.27. The van der Waals surface area contributed by atoms with Crippen molar-refractivity contribution in [1.29, 1.82) is 0 Å². The second-order valence-electron chi connectivity index (χ2n) is 3.98. The second kappa shape index (κ2) is 8.79. The van der Waals surface area contributed by atoms with Gasteiger partial charge in [0, 0.05) is 32.8 Å². The minimum absolute atomic E-state index is 0. The predicted molar refractivity (Wildman–Crippen MR) is 67.0 cm³/mol. The third-order valence-corrected chi connectivity index (χ3v) is 2.81. The number of hydrogen-bond donors (Lipinski definition) is 1. The fourth-order valence-electron chi connectivity index (χ4n) is 2.01. The number of methoxy groups -OCH3 is 1. The van der Waals surface area contributed by atoms with Crippen molar-refractivity contribution in [2.45, 2.75) is 32.2 Å². The number of amides is 1. The lowest BCUT2D eigenvalue weighted by Crippen LogP contribution is -2.53. The molecule has 0 aliphatic carbocycles. The highest BCUT2D eigenvalue weighted by Gasteiger charge is 2.24. The van der Waals surface area contributed by atoms with E-state index < -0.39 is 0 Å². The molecule has 1 saturated heterocycles. The Morgan fingerprint density at radius 2 is 2.31 bits per heavy atom. The molecular weight excluding hydrogens is 228 g/mol. The Bertz CT molecular complexity index is 200. The van der Waals surface area contributed by atoms with Gasteiger partial charge in [-0.3, -0.25) is 4.79 Å². The summed E-state index contributed by atoms with van der Waals surface area (Å²) in [5.74, 6) is 0.233. The molecule has 0 aromatic carbocycles. The smallest absolute Gasteiger partial charge is 0.225 e. The predicted octanol–water partition coefficient (Wildman–Crippen LogP) is 1.05. The molecule has 1 aliphatic rings. The van der Waals surface area contributed by atoms with Gasteiger partial charge in [0.25, 0.3) is 0 Å². The Balaban J connectivity index is 0.00000225. The van der Waals surface area contributed by atoms with Gasteiger partial charge in [-0.25, -0.2) is 0 Å². The van der Waals surface area contributed by atoms with Gasteiger partial charge in [0.1, 0.15) is 0 Å². The van der Waals surface area contributed by atoms with Crippen LogP contribution >= 0.6 is 12.4 Å². The molecule has 0 saturated carbocycles. The zero-order valence-electron chi connectivity index (χ0n) is 10.2. The molecule has 1 aliphatic heterocycles. The zero-order chi connectivity index (χ0) is 11.1. The van der Waals surface area contributed by atoms with Crippen LogP contribution in [0, 0.1) is 0 Å². The van der Waals surface area contributed by atoms with E-state index in [1.807, 2.05) is 4.90 Å². The summed E-state index contributed by atoms with van der Waals surface area (Å²) in [6.45, 7) is 5.38. The summed E-state index contributed by atoms with van der Waals surface area (Å²) in [7, 11) is 1.63.